The topological polar surface area (TPSA) is 102 Å². The summed E-state index contributed by atoms with van der Waals surface area (Å²) < 4.78 is 22.4. The van der Waals surface area contributed by atoms with E-state index in [1.54, 1.807) is 13.8 Å². The van der Waals surface area contributed by atoms with Gasteiger partial charge in [-0.2, -0.15) is 0 Å². The first-order valence-electron chi connectivity index (χ1n) is 5.07. The summed E-state index contributed by atoms with van der Waals surface area (Å²) >= 11 is 1.09. The van der Waals surface area contributed by atoms with Crippen LogP contribution in [0.5, 0.6) is 0 Å². The van der Waals surface area contributed by atoms with Gasteiger partial charge in [0.15, 0.2) is 15.0 Å². The van der Waals surface area contributed by atoms with Gasteiger partial charge in [0.1, 0.15) is 4.88 Å². The molecule has 0 atom stereocenters. The van der Waals surface area contributed by atoms with Crippen LogP contribution in [0.4, 0.5) is 5.13 Å². The Hall–Kier alpha value is -1.15. The molecule has 0 aliphatic carbocycles. The molecule has 0 aliphatic heterocycles. The largest absolute Gasteiger partial charge is 0.375 e. The zero-order valence-corrected chi connectivity index (χ0v) is 11.3. The molecule has 1 aromatic rings. The van der Waals surface area contributed by atoms with Crippen LogP contribution in [-0.4, -0.2) is 37.4 Å². The average molecular weight is 277 g/mol. The molecular weight excluding hydrogens is 262 g/mol. The summed E-state index contributed by atoms with van der Waals surface area (Å²) in [7, 11) is -3.05. The van der Waals surface area contributed by atoms with Gasteiger partial charge < -0.3 is 11.1 Å². The fourth-order valence-electron chi connectivity index (χ4n) is 1.17. The normalized spacial score (nSPS) is 11.4. The van der Waals surface area contributed by atoms with E-state index in [0.29, 0.717) is 15.7 Å². The van der Waals surface area contributed by atoms with Crippen LogP contribution in [0.3, 0.4) is 0 Å². The molecule has 1 amide bonds. The second-order valence-corrected chi connectivity index (χ2v) is 6.96. The van der Waals surface area contributed by atoms with Crippen LogP contribution >= 0.6 is 11.3 Å². The van der Waals surface area contributed by atoms with Crippen molar-refractivity contribution >= 4 is 32.2 Å². The maximum atomic E-state index is 11.7. The molecule has 1 heterocycles. The molecule has 0 aromatic carbocycles. The van der Waals surface area contributed by atoms with Gasteiger partial charge in [0, 0.05) is 12.3 Å². The smallest absolute Gasteiger partial charge is 0.263 e. The fourth-order valence-corrected chi connectivity index (χ4v) is 2.62. The number of nitrogen functional groups attached to an aromatic ring is 1. The minimum atomic E-state index is -3.05. The zero-order valence-electron chi connectivity index (χ0n) is 9.69. The number of carbonyl (C=O) groups is 1. The number of nitrogens with one attached hydrogen (secondary N) is 1. The third-order valence-corrected chi connectivity index (χ3v) is 4.85. The molecular formula is C9H15N3O3S2. The van der Waals surface area contributed by atoms with E-state index < -0.39 is 9.84 Å². The zero-order chi connectivity index (χ0) is 13.1. The number of hydrogen-bond donors (Lipinski definition) is 2. The lowest BCUT2D eigenvalue weighted by Gasteiger charge is -2.03. The lowest BCUT2D eigenvalue weighted by atomic mass is 10.4. The molecule has 0 aliphatic rings. The molecule has 1 rings (SSSR count). The van der Waals surface area contributed by atoms with Crippen LogP contribution in [-0.2, 0) is 9.84 Å². The highest BCUT2D eigenvalue weighted by molar-refractivity contribution is 7.91. The summed E-state index contributed by atoms with van der Waals surface area (Å²) in [5, 5.41) is 2.87. The van der Waals surface area contributed by atoms with Gasteiger partial charge in [-0.05, 0) is 6.92 Å². The van der Waals surface area contributed by atoms with Crippen molar-refractivity contribution in [3.8, 4) is 0 Å². The van der Waals surface area contributed by atoms with E-state index in [9.17, 15) is 13.2 Å². The first kappa shape index (κ1) is 13.9. The number of nitrogens with two attached hydrogens (primary N) is 1. The van der Waals surface area contributed by atoms with E-state index in [-0.39, 0.29) is 24.0 Å². The number of aromatic nitrogens is 1. The van der Waals surface area contributed by atoms with Gasteiger partial charge in [0.25, 0.3) is 5.91 Å². The van der Waals surface area contributed by atoms with Crippen LogP contribution in [0, 0.1) is 6.92 Å². The summed E-state index contributed by atoms with van der Waals surface area (Å²) in [6.07, 6.45) is 0. The predicted octanol–water partition coefficient (Wildman–Crippen LogP) is 0.198. The number of carbonyl (C=O) groups excluding carboxylic acids is 1. The fraction of sp³-hybridized carbons (Fsp3) is 0.556. The Bertz CT molecular complexity index is 508. The minimum absolute atomic E-state index is 0.0530. The third kappa shape index (κ3) is 3.97. The van der Waals surface area contributed by atoms with E-state index in [2.05, 4.69) is 10.3 Å². The Morgan fingerprint density at radius 1 is 1.53 bits per heavy atom. The number of thiazole rings is 1. The van der Waals surface area contributed by atoms with Crippen molar-refractivity contribution in [3.05, 3.63) is 10.6 Å². The van der Waals surface area contributed by atoms with Crippen LogP contribution in [0.1, 0.15) is 22.3 Å². The van der Waals surface area contributed by atoms with Crippen molar-refractivity contribution in [2.75, 3.05) is 23.8 Å². The summed E-state index contributed by atoms with van der Waals surface area (Å²) in [6.45, 7) is 3.36. The van der Waals surface area contributed by atoms with Gasteiger partial charge >= 0.3 is 0 Å². The Kier molecular flexibility index (Phi) is 4.47. The van der Waals surface area contributed by atoms with E-state index in [0.717, 1.165) is 11.3 Å². The van der Waals surface area contributed by atoms with Gasteiger partial charge in [0.05, 0.1) is 11.4 Å². The Morgan fingerprint density at radius 3 is 2.65 bits per heavy atom. The molecule has 0 spiro atoms. The van der Waals surface area contributed by atoms with E-state index in [1.165, 1.54) is 0 Å². The lowest BCUT2D eigenvalue weighted by molar-refractivity contribution is 0.0959. The molecule has 96 valence electrons. The molecule has 0 saturated carbocycles. The monoisotopic (exact) mass is 277 g/mol. The van der Waals surface area contributed by atoms with Crippen molar-refractivity contribution in [1.29, 1.82) is 0 Å². The number of anilines is 1. The number of aryl methyl sites for hydroxylation is 1. The first-order valence-corrected chi connectivity index (χ1v) is 7.71. The molecule has 6 nitrogen and oxygen atoms in total. The van der Waals surface area contributed by atoms with E-state index in [4.69, 9.17) is 5.73 Å². The second kappa shape index (κ2) is 5.46. The maximum Gasteiger partial charge on any atom is 0.263 e. The van der Waals surface area contributed by atoms with Crippen molar-refractivity contribution in [2.45, 2.75) is 13.8 Å². The van der Waals surface area contributed by atoms with Crippen LogP contribution in [0.15, 0.2) is 0 Å². The van der Waals surface area contributed by atoms with Crippen molar-refractivity contribution in [2.24, 2.45) is 0 Å². The minimum Gasteiger partial charge on any atom is -0.375 e. The summed E-state index contributed by atoms with van der Waals surface area (Å²) in [4.78, 5) is 16.0. The van der Waals surface area contributed by atoms with Gasteiger partial charge in [-0.15, -0.1) is 0 Å². The Balaban J connectivity index is 2.54. The number of sulfone groups is 1. The molecule has 3 N–H and O–H groups in total. The predicted molar refractivity (Wildman–Crippen MR) is 67.9 cm³/mol. The van der Waals surface area contributed by atoms with Crippen molar-refractivity contribution in [1.82, 2.24) is 10.3 Å². The van der Waals surface area contributed by atoms with Crippen LogP contribution in [0.25, 0.3) is 0 Å². The van der Waals surface area contributed by atoms with E-state index in [1.807, 2.05) is 0 Å². The standard InChI is InChI=1S/C9H15N3O3S2/c1-3-17(14,15)5-4-11-8(13)7-6(2)12-9(10)16-7/h3-5H2,1-2H3,(H2,10,12)(H,11,13). The molecule has 0 fully saturated rings. The number of nitrogens with zero attached hydrogens (tertiary/aromatic N) is 1. The first-order chi connectivity index (χ1) is 7.85. The molecule has 8 heteroatoms. The molecule has 1 aromatic heterocycles. The van der Waals surface area contributed by atoms with Crippen LogP contribution in [0.2, 0.25) is 0 Å². The maximum absolute atomic E-state index is 11.7. The summed E-state index contributed by atoms with van der Waals surface area (Å²) in [5.41, 5.74) is 6.03. The van der Waals surface area contributed by atoms with E-state index >= 15 is 0 Å². The van der Waals surface area contributed by atoms with Gasteiger partial charge in [0.2, 0.25) is 0 Å². The number of amides is 1. The summed E-state index contributed by atoms with van der Waals surface area (Å²) in [5.74, 6) is -0.305. The van der Waals surface area contributed by atoms with Gasteiger partial charge in [-0.25, -0.2) is 13.4 Å². The third-order valence-electron chi connectivity index (χ3n) is 2.16. The quantitative estimate of drug-likeness (QED) is 0.800. The molecule has 0 bridgehead atoms. The van der Waals surface area contributed by atoms with Crippen LogP contribution < -0.4 is 11.1 Å². The highest BCUT2D eigenvalue weighted by Crippen LogP contribution is 2.19. The summed E-state index contributed by atoms with van der Waals surface area (Å²) in [6, 6.07) is 0. The SMILES string of the molecule is CCS(=O)(=O)CCNC(=O)c1sc(N)nc1C. The highest BCUT2D eigenvalue weighted by atomic mass is 32.2. The average Bonchev–Trinajstić information content (AvgIpc) is 2.57. The lowest BCUT2D eigenvalue weighted by Crippen LogP contribution is -2.29. The Morgan fingerprint density at radius 2 is 2.18 bits per heavy atom. The van der Waals surface area contributed by atoms with Crippen molar-refractivity contribution in [3.63, 3.8) is 0 Å². The highest BCUT2D eigenvalue weighted by Gasteiger charge is 2.14. The van der Waals surface area contributed by atoms with Gasteiger partial charge in [-0.1, -0.05) is 18.3 Å². The molecule has 17 heavy (non-hydrogen) atoms. The molecule has 0 radical (unpaired) electrons. The Labute approximate surface area is 104 Å². The second-order valence-electron chi connectivity index (χ2n) is 3.46. The number of rotatable bonds is 5. The number of hydrogen-bond acceptors (Lipinski definition) is 6. The molecule has 0 unspecified atom stereocenters. The molecule has 0 saturated heterocycles. The van der Waals surface area contributed by atoms with Gasteiger partial charge in [-0.3, -0.25) is 4.79 Å². The van der Waals surface area contributed by atoms with Crippen molar-refractivity contribution < 1.29 is 13.2 Å².